The summed E-state index contributed by atoms with van der Waals surface area (Å²) in [5.74, 6) is -0.162. The Morgan fingerprint density at radius 3 is 1.72 bits per heavy atom. The van der Waals surface area contributed by atoms with Crippen molar-refractivity contribution in [1.29, 1.82) is 0 Å². The van der Waals surface area contributed by atoms with Gasteiger partial charge in [0, 0.05) is 85.2 Å². The Morgan fingerprint density at radius 2 is 1.18 bits per heavy atom. The molecular formula is C52H71IN8O8Si2. The fourth-order valence-electron chi connectivity index (χ4n) is 8.09. The summed E-state index contributed by atoms with van der Waals surface area (Å²) >= 11 is 2.23. The lowest BCUT2D eigenvalue weighted by atomic mass is 9.90. The average molecular weight is 1120 g/mol. The zero-order valence-electron chi connectivity index (χ0n) is 42.1. The van der Waals surface area contributed by atoms with Gasteiger partial charge in [-0.3, -0.25) is 0 Å². The summed E-state index contributed by atoms with van der Waals surface area (Å²) in [6.07, 6.45) is 9.84. The molecule has 71 heavy (non-hydrogen) atoms. The number of ether oxygens (including phenoxy) is 4. The molecule has 0 saturated carbocycles. The molecule has 3 atom stereocenters. The number of amides is 2. The lowest BCUT2D eigenvalue weighted by Gasteiger charge is -2.34. The Morgan fingerprint density at radius 1 is 0.690 bits per heavy atom. The van der Waals surface area contributed by atoms with Crippen LogP contribution in [0, 0.1) is 15.5 Å². The van der Waals surface area contributed by atoms with Crippen molar-refractivity contribution in [2.24, 2.45) is 11.8 Å². The molecule has 2 amide bonds. The van der Waals surface area contributed by atoms with Crippen molar-refractivity contribution in [2.75, 3.05) is 39.4 Å². The van der Waals surface area contributed by atoms with E-state index in [9.17, 15) is 19.5 Å². The van der Waals surface area contributed by atoms with Gasteiger partial charge in [-0.15, -0.1) is 0 Å². The molecule has 0 aliphatic carbocycles. The van der Waals surface area contributed by atoms with E-state index in [2.05, 4.69) is 81.8 Å². The Hall–Kier alpha value is -5.07. The van der Waals surface area contributed by atoms with Crippen molar-refractivity contribution < 1.29 is 38.4 Å². The second-order valence-corrected chi connectivity index (χ2v) is 32.8. The molecule has 382 valence electrons. The first-order valence-corrected chi connectivity index (χ1v) is 33.0. The van der Waals surface area contributed by atoms with E-state index in [1.54, 1.807) is 16.1 Å². The summed E-state index contributed by atoms with van der Waals surface area (Å²) in [5, 5.41) is 13.2. The predicted octanol–water partition coefficient (Wildman–Crippen LogP) is 10.4. The zero-order chi connectivity index (χ0) is 50.8. The van der Waals surface area contributed by atoms with E-state index in [4.69, 9.17) is 18.9 Å². The minimum absolute atomic E-state index is 0.0389. The van der Waals surface area contributed by atoms with E-state index in [-0.39, 0.29) is 37.2 Å². The highest BCUT2D eigenvalue weighted by Crippen LogP contribution is 2.33. The molecule has 8 rings (SSSR count). The molecule has 4 aromatic heterocycles. The summed E-state index contributed by atoms with van der Waals surface area (Å²) in [5.41, 5.74) is 4.21. The van der Waals surface area contributed by atoms with Crippen molar-refractivity contribution in [1.82, 2.24) is 38.9 Å². The van der Waals surface area contributed by atoms with Gasteiger partial charge in [-0.1, -0.05) is 99.9 Å². The Kier molecular flexibility index (Phi) is 21.1. The number of piperidine rings is 2. The van der Waals surface area contributed by atoms with Crippen LogP contribution >= 0.6 is 22.6 Å². The van der Waals surface area contributed by atoms with Crippen LogP contribution in [0.2, 0.25) is 51.4 Å². The van der Waals surface area contributed by atoms with Gasteiger partial charge >= 0.3 is 12.2 Å². The number of hydrogen-bond donors (Lipinski definition) is 1. The van der Waals surface area contributed by atoms with Gasteiger partial charge < -0.3 is 47.8 Å². The number of carbonyl (C=O) groups excluding carboxylic acids is 3. The molecule has 16 nitrogen and oxygen atoms in total. The van der Waals surface area contributed by atoms with Crippen molar-refractivity contribution in [3.8, 4) is 0 Å². The minimum Gasteiger partial charge on any atom is -0.445 e. The molecule has 0 bridgehead atoms. The molecule has 6 aromatic rings. The van der Waals surface area contributed by atoms with Crippen molar-refractivity contribution >= 4 is 79.3 Å². The molecule has 0 spiro atoms. The van der Waals surface area contributed by atoms with Crippen LogP contribution in [-0.2, 0) is 50.4 Å². The van der Waals surface area contributed by atoms with Gasteiger partial charge in [-0.25, -0.2) is 29.5 Å². The SMILES string of the molecule is C[Si](C)(C)CCOCn1ccc2c(C(O)C3CCCN(C(=O)OCc4ccccc4)C3)ncnc21.C[Si](C)(C)CCOCn1ccc2c(I)ncnc21.O=CC1CCCN(C(=O)OCc2ccccc2)C1. The van der Waals surface area contributed by atoms with Crippen LogP contribution in [0.15, 0.2) is 97.8 Å². The number of halogens is 1. The maximum absolute atomic E-state index is 12.7. The molecule has 3 unspecified atom stereocenters. The summed E-state index contributed by atoms with van der Waals surface area (Å²) in [6, 6.07) is 25.5. The van der Waals surface area contributed by atoms with Crippen LogP contribution < -0.4 is 0 Å². The highest BCUT2D eigenvalue weighted by atomic mass is 127. The molecule has 2 aliphatic rings. The lowest BCUT2D eigenvalue weighted by Crippen LogP contribution is -2.42. The summed E-state index contributed by atoms with van der Waals surface area (Å²) in [6.45, 7) is 19.4. The van der Waals surface area contributed by atoms with Crippen molar-refractivity contribution in [3.05, 3.63) is 118 Å². The summed E-state index contributed by atoms with van der Waals surface area (Å²) in [7, 11) is -2.15. The molecule has 0 radical (unpaired) electrons. The molecular weight excluding hydrogens is 1050 g/mol. The first kappa shape index (κ1) is 55.3. The van der Waals surface area contributed by atoms with E-state index in [1.807, 2.05) is 94.3 Å². The van der Waals surface area contributed by atoms with E-state index in [0.29, 0.717) is 45.3 Å². The number of aromatic nitrogens is 6. The van der Waals surface area contributed by atoms with Gasteiger partial charge in [-0.2, -0.15) is 0 Å². The van der Waals surface area contributed by atoms with Crippen LogP contribution in [0.25, 0.3) is 22.1 Å². The molecule has 1 N–H and O–H groups in total. The highest BCUT2D eigenvalue weighted by Gasteiger charge is 2.32. The molecule has 19 heteroatoms. The van der Waals surface area contributed by atoms with Crippen molar-refractivity contribution in [3.63, 3.8) is 0 Å². The molecule has 2 aliphatic heterocycles. The van der Waals surface area contributed by atoms with Gasteiger partial charge in [0.1, 0.15) is 66.7 Å². The topological polar surface area (TPSA) is 176 Å². The van der Waals surface area contributed by atoms with Gasteiger partial charge in [0.15, 0.2) is 0 Å². The van der Waals surface area contributed by atoms with Crippen molar-refractivity contribution in [2.45, 2.75) is 110 Å². The van der Waals surface area contributed by atoms with Gasteiger partial charge in [0.2, 0.25) is 0 Å². The second-order valence-electron chi connectivity index (χ2n) is 20.5. The fraction of sp³-hybridized carbons (Fsp3) is 0.481. The maximum Gasteiger partial charge on any atom is 0.410 e. The number of aliphatic hydroxyl groups is 1. The summed E-state index contributed by atoms with van der Waals surface area (Å²) in [4.78, 5) is 55.9. The van der Waals surface area contributed by atoms with Crippen LogP contribution in [0.1, 0.15) is 48.6 Å². The highest BCUT2D eigenvalue weighted by molar-refractivity contribution is 14.1. The lowest BCUT2D eigenvalue weighted by molar-refractivity contribution is -0.112. The standard InChI is InChI=1S/C26H36N4O4Si.C14H17NO3.C12H18IN3OSi/c1-35(2,3)15-14-33-19-30-13-11-22-23(27-18-28-25(22)30)24(31)21-10-7-12-29(16-21)26(32)34-17-20-8-5-4-6-9-20;16-10-13-7-4-8-15(9-13)14(17)18-11-12-5-2-1-3-6-12;1-18(2,3)7-6-17-9-16-5-4-10-11(13)14-8-15-12(10)16/h4-6,8-9,11,13,18,21,24,31H,7,10,12,14-17,19H2,1-3H3;1-3,5-6,10,13H,4,7-9,11H2;4-5,8H,6-7,9H2,1-3H3. The van der Waals surface area contributed by atoms with E-state index >= 15 is 0 Å². The number of hydrogen-bond acceptors (Lipinski definition) is 12. The monoisotopic (exact) mass is 1120 g/mol. The first-order chi connectivity index (χ1) is 34.1. The molecule has 2 saturated heterocycles. The Labute approximate surface area is 433 Å². The van der Waals surface area contributed by atoms with Crippen LogP contribution in [0.5, 0.6) is 0 Å². The third-order valence-electron chi connectivity index (χ3n) is 12.3. The predicted molar refractivity (Wildman–Crippen MR) is 289 cm³/mol. The maximum atomic E-state index is 12.7. The molecule has 2 aromatic carbocycles. The minimum atomic E-state index is -1.14. The van der Waals surface area contributed by atoms with Crippen LogP contribution in [0.4, 0.5) is 9.59 Å². The number of carbonyl (C=O) groups is 3. The van der Waals surface area contributed by atoms with Crippen LogP contribution in [0.3, 0.4) is 0 Å². The van der Waals surface area contributed by atoms with E-state index in [1.165, 1.54) is 12.4 Å². The number of likely N-dealkylation sites (tertiary alicyclic amines) is 2. The summed E-state index contributed by atoms with van der Waals surface area (Å²) < 4.78 is 27.3. The first-order valence-electron chi connectivity index (χ1n) is 24.5. The zero-order valence-corrected chi connectivity index (χ0v) is 46.3. The van der Waals surface area contributed by atoms with E-state index in [0.717, 1.165) is 88.1 Å². The molecule has 6 heterocycles. The Balaban J connectivity index is 0.000000192. The number of fused-ring (bicyclic) bond motifs is 2. The van der Waals surface area contributed by atoms with Gasteiger partial charge in [-0.05, 0) is 83.6 Å². The third-order valence-corrected chi connectivity index (χ3v) is 16.6. The number of aldehydes is 1. The smallest absolute Gasteiger partial charge is 0.410 e. The third kappa shape index (κ3) is 17.6. The normalized spacial score (nSPS) is 16.6. The quantitative estimate of drug-likeness (QED) is 0.0301. The fourth-order valence-corrected chi connectivity index (χ4v) is 10.1. The Bertz CT molecular complexity index is 2590. The second kappa shape index (κ2) is 27.1. The van der Waals surface area contributed by atoms with E-state index < -0.39 is 22.3 Å². The largest absolute Gasteiger partial charge is 0.445 e. The number of rotatable bonds is 17. The molecule has 2 fully saturated rings. The number of aliphatic hydroxyl groups excluding tert-OH is 1. The van der Waals surface area contributed by atoms with Gasteiger partial charge in [0.05, 0.1) is 11.1 Å². The average Bonchev–Trinajstić information content (AvgIpc) is 4.00. The number of nitrogens with zero attached hydrogens (tertiary/aromatic N) is 8. The number of benzene rings is 2. The van der Waals surface area contributed by atoms with Crippen LogP contribution in [-0.4, -0.2) is 118 Å². The van der Waals surface area contributed by atoms with Gasteiger partial charge in [0.25, 0.3) is 0 Å².